The first kappa shape index (κ1) is 24.2. The number of likely N-dealkylation sites (tertiary alicyclic amines) is 1. The predicted octanol–water partition coefficient (Wildman–Crippen LogP) is 5.07. The number of hydrogen-bond donors (Lipinski definition) is 1. The molecule has 5 atom stereocenters. The van der Waals surface area contributed by atoms with Gasteiger partial charge in [0.15, 0.2) is 0 Å². The van der Waals surface area contributed by atoms with Crippen LogP contribution >= 0.6 is 0 Å². The molecule has 7 heteroatoms. The van der Waals surface area contributed by atoms with E-state index in [0.717, 1.165) is 30.6 Å². The van der Waals surface area contributed by atoms with E-state index >= 15 is 0 Å². The molecule has 3 amide bonds. The molecular weight excluding hydrogens is 480 g/mol. The number of carbonyl (C=O) groups is 3. The number of nitrogens with one attached hydrogen (secondary N) is 1. The normalized spacial score (nSPS) is 24.3. The molecule has 3 aromatic rings. The molecule has 1 heterocycles. The van der Waals surface area contributed by atoms with Crippen LogP contribution in [0, 0.1) is 23.7 Å². The molecule has 7 nitrogen and oxygen atoms in total. The molecule has 2 saturated carbocycles. The highest BCUT2D eigenvalue weighted by Gasteiger charge is 2.62. The van der Waals surface area contributed by atoms with Crippen LogP contribution in [0.5, 0.6) is 17.2 Å². The lowest BCUT2D eigenvalue weighted by molar-refractivity contribution is -0.147. The van der Waals surface area contributed by atoms with E-state index in [0.29, 0.717) is 17.2 Å². The second-order valence-corrected chi connectivity index (χ2v) is 10.4. The largest absolute Gasteiger partial charge is 0.497 e. The van der Waals surface area contributed by atoms with Crippen LogP contribution in [-0.2, 0) is 20.8 Å². The summed E-state index contributed by atoms with van der Waals surface area (Å²) < 4.78 is 11.0. The van der Waals surface area contributed by atoms with E-state index in [2.05, 4.69) is 5.32 Å². The number of hydrogen-bond acceptors (Lipinski definition) is 5. The van der Waals surface area contributed by atoms with Gasteiger partial charge in [-0.3, -0.25) is 19.3 Å². The third-order valence-corrected chi connectivity index (χ3v) is 8.26. The van der Waals surface area contributed by atoms with E-state index in [1.165, 1.54) is 4.90 Å². The molecule has 2 bridgehead atoms. The summed E-state index contributed by atoms with van der Waals surface area (Å²) >= 11 is 0. The van der Waals surface area contributed by atoms with Gasteiger partial charge in [0.1, 0.15) is 23.3 Å². The van der Waals surface area contributed by atoms with E-state index in [4.69, 9.17) is 9.47 Å². The summed E-state index contributed by atoms with van der Waals surface area (Å²) in [6.45, 7) is 0. The Bertz CT molecular complexity index is 1310. The zero-order valence-electron chi connectivity index (χ0n) is 21.2. The molecule has 1 saturated heterocycles. The molecule has 1 N–H and O–H groups in total. The summed E-state index contributed by atoms with van der Waals surface area (Å²) in [4.78, 5) is 42.0. The molecule has 0 radical (unpaired) electrons. The van der Waals surface area contributed by atoms with Crippen molar-refractivity contribution >= 4 is 23.4 Å². The van der Waals surface area contributed by atoms with Gasteiger partial charge in [-0.25, -0.2) is 0 Å². The molecule has 0 unspecified atom stereocenters. The van der Waals surface area contributed by atoms with Gasteiger partial charge in [0, 0.05) is 12.1 Å². The number of methoxy groups -OCH3 is 1. The molecule has 2 aliphatic carbocycles. The van der Waals surface area contributed by atoms with Crippen molar-refractivity contribution in [2.24, 2.45) is 23.7 Å². The van der Waals surface area contributed by atoms with Crippen molar-refractivity contribution in [3.05, 3.63) is 84.4 Å². The summed E-state index contributed by atoms with van der Waals surface area (Å²) in [7, 11) is 1.61. The monoisotopic (exact) mass is 510 g/mol. The number of fused-ring (bicyclic) bond motifs is 5. The van der Waals surface area contributed by atoms with Crippen molar-refractivity contribution < 1.29 is 23.9 Å². The maximum Gasteiger partial charge on any atom is 0.248 e. The Morgan fingerprint density at radius 2 is 1.39 bits per heavy atom. The third-order valence-electron chi connectivity index (χ3n) is 8.26. The van der Waals surface area contributed by atoms with Gasteiger partial charge in [0.25, 0.3) is 0 Å². The second kappa shape index (κ2) is 9.97. The van der Waals surface area contributed by atoms with Crippen molar-refractivity contribution in [1.82, 2.24) is 4.90 Å². The molecule has 0 aromatic heterocycles. The van der Waals surface area contributed by atoms with E-state index in [1.54, 1.807) is 31.4 Å². The van der Waals surface area contributed by atoms with Gasteiger partial charge in [-0.05, 0) is 85.2 Å². The van der Waals surface area contributed by atoms with Crippen LogP contribution < -0.4 is 14.8 Å². The van der Waals surface area contributed by atoms with Gasteiger partial charge in [0.05, 0.1) is 18.9 Å². The molecule has 194 valence electrons. The Hall–Kier alpha value is -4.13. The number of anilines is 1. The fourth-order valence-corrected chi connectivity index (χ4v) is 6.49. The van der Waals surface area contributed by atoms with Crippen molar-refractivity contribution in [3.63, 3.8) is 0 Å². The SMILES string of the molecule is COc1ccc(Oc2ccc(NC(=O)[C@@H](Cc3ccccc3)N3C(=O)[C@@H]4[C@@H]5CC[C@@H](C5)[C@@H]4C3=O)cc2)cc1. The van der Waals surface area contributed by atoms with Crippen LogP contribution in [0.1, 0.15) is 24.8 Å². The summed E-state index contributed by atoms with van der Waals surface area (Å²) in [6.07, 6.45) is 3.23. The van der Waals surface area contributed by atoms with Crippen molar-refractivity contribution in [1.29, 1.82) is 0 Å². The summed E-state index contributed by atoms with van der Waals surface area (Å²) in [5.41, 5.74) is 1.46. The van der Waals surface area contributed by atoms with Crippen molar-refractivity contribution in [2.75, 3.05) is 12.4 Å². The molecule has 1 aliphatic heterocycles. The van der Waals surface area contributed by atoms with E-state index < -0.39 is 6.04 Å². The van der Waals surface area contributed by atoms with E-state index in [1.807, 2.05) is 54.6 Å². The number of benzene rings is 3. The topological polar surface area (TPSA) is 84.9 Å². The van der Waals surface area contributed by atoms with Gasteiger partial charge >= 0.3 is 0 Å². The quantitative estimate of drug-likeness (QED) is 0.428. The van der Waals surface area contributed by atoms with Gasteiger partial charge in [-0.1, -0.05) is 30.3 Å². The van der Waals surface area contributed by atoms with Gasteiger partial charge < -0.3 is 14.8 Å². The summed E-state index contributed by atoms with van der Waals surface area (Å²) in [5.74, 6) is 1.31. The Labute approximate surface area is 221 Å². The average molecular weight is 511 g/mol. The third kappa shape index (κ3) is 4.42. The average Bonchev–Trinajstić information content (AvgIpc) is 3.63. The van der Waals surface area contributed by atoms with Crippen LogP contribution in [0.4, 0.5) is 5.69 Å². The number of carbonyl (C=O) groups excluding carboxylic acids is 3. The second-order valence-electron chi connectivity index (χ2n) is 10.4. The Morgan fingerprint density at radius 1 is 0.842 bits per heavy atom. The van der Waals surface area contributed by atoms with Crippen molar-refractivity contribution in [2.45, 2.75) is 31.7 Å². The minimum absolute atomic E-state index is 0.175. The molecular formula is C31H30N2O5. The fraction of sp³-hybridized carbons (Fsp3) is 0.323. The lowest BCUT2D eigenvalue weighted by atomic mass is 9.81. The lowest BCUT2D eigenvalue weighted by Crippen LogP contribution is -2.49. The lowest BCUT2D eigenvalue weighted by Gasteiger charge is -2.27. The molecule has 3 fully saturated rings. The molecule has 6 rings (SSSR count). The standard InChI is InChI=1S/C31H30N2O5/c1-37-23-13-15-25(16-14-23)38-24-11-9-22(10-12-24)32-29(34)26(17-19-5-3-2-4-6-19)33-30(35)27-20-7-8-21(18-20)28(27)31(33)36/h2-6,9-16,20-21,26-28H,7-8,17-18H2,1H3,(H,32,34)/t20-,21+,26-,27-,28+/m1/s1. The van der Waals surface area contributed by atoms with Gasteiger partial charge in [-0.15, -0.1) is 0 Å². The minimum Gasteiger partial charge on any atom is -0.497 e. The molecule has 0 spiro atoms. The number of ether oxygens (including phenoxy) is 2. The van der Waals surface area contributed by atoms with E-state index in [-0.39, 0.29) is 47.8 Å². The van der Waals surface area contributed by atoms with Crippen LogP contribution in [0.2, 0.25) is 0 Å². The minimum atomic E-state index is -0.905. The van der Waals surface area contributed by atoms with Gasteiger partial charge in [0.2, 0.25) is 17.7 Å². The smallest absolute Gasteiger partial charge is 0.248 e. The molecule has 3 aromatic carbocycles. The Balaban J connectivity index is 1.20. The Kier molecular flexibility index (Phi) is 6.35. The molecule has 38 heavy (non-hydrogen) atoms. The maximum atomic E-state index is 13.6. The zero-order valence-corrected chi connectivity index (χ0v) is 21.2. The number of nitrogens with zero attached hydrogens (tertiary/aromatic N) is 1. The van der Waals surface area contributed by atoms with Crippen LogP contribution in [-0.4, -0.2) is 35.8 Å². The first-order valence-electron chi connectivity index (χ1n) is 13.2. The predicted molar refractivity (Wildman–Crippen MR) is 142 cm³/mol. The number of rotatable bonds is 8. The summed E-state index contributed by atoms with van der Waals surface area (Å²) in [5, 5.41) is 2.93. The first-order valence-corrected chi connectivity index (χ1v) is 13.2. The maximum absolute atomic E-state index is 13.6. The highest BCUT2D eigenvalue weighted by atomic mass is 16.5. The highest BCUT2D eigenvalue weighted by molar-refractivity contribution is 6.10. The fourth-order valence-electron chi connectivity index (χ4n) is 6.49. The Morgan fingerprint density at radius 3 is 1.97 bits per heavy atom. The van der Waals surface area contributed by atoms with E-state index in [9.17, 15) is 14.4 Å². The zero-order chi connectivity index (χ0) is 26.2. The van der Waals surface area contributed by atoms with Gasteiger partial charge in [-0.2, -0.15) is 0 Å². The molecule has 3 aliphatic rings. The van der Waals surface area contributed by atoms with Crippen LogP contribution in [0.15, 0.2) is 78.9 Å². The number of amides is 3. The highest BCUT2D eigenvalue weighted by Crippen LogP contribution is 2.56. The summed E-state index contributed by atoms with van der Waals surface area (Å²) in [6, 6.07) is 22.9. The van der Waals surface area contributed by atoms with Crippen molar-refractivity contribution in [3.8, 4) is 17.2 Å². The van der Waals surface area contributed by atoms with Crippen LogP contribution in [0.25, 0.3) is 0 Å². The van der Waals surface area contributed by atoms with Crippen LogP contribution in [0.3, 0.4) is 0 Å². The number of imide groups is 1. The first-order chi connectivity index (χ1) is 18.5.